The first kappa shape index (κ1) is 32.7. The molecule has 0 aliphatic heterocycles. The van der Waals surface area contributed by atoms with Crippen LogP contribution in [-0.2, 0) is 9.53 Å². The number of nitrogens with one attached hydrogen (secondary N) is 1. The Labute approximate surface area is 294 Å². The minimum atomic E-state index is -0.444. The zero-order chi connectivity index (χ0) is 35.3. The summed E-state index contributed by atoms with van der Waals surface area (Å²) in [5, 5.41) is 2.90. The van der Waals surface area contributed by atoms with Gasteiger partial charge in [-0.3, -0.25) is 14.6 Å². The van der Waals surface area contributed by atoms with Crippen molar-refractivity contribution in [1.29, 1.82) is 0 Å². The van der Waals surface area contributed by atoms with E-state index in [9.17, 15) is 9.59 Å². The molecule has 0 bridgehead atoms. The number of carbonyl (C=O) groups excluding carboxylic acids is 2. The summed E-state index contributed by atoms with van der Waals surface area (Å²) in [5.41, 5.74) is 8.15. The molecule has 4 aromatic rings. The molecule has 2 fully saturated rings. The lowest BCUT2D eigenvalue weighted by Gasteiger charge is -2.70. The number of hydrogen-bond donors (Lipinski definition) is 1. The summed E-state index contributed by atoms with van der Waals surface area (Å²) < 4.78 is 11.8. The molecule has 2 aromatic heterocycles. The molecule has 2 saturated carbocycles. The predicted molar refractivity (Wildman–Crippen MR) is 197 cm³/mol. The lowest BCUT2D eigenvalue weighted by molar-refractivity contribution is -0.190. The molecule has 0 spiro atoms. The van der Waals surface area contributed by atoms with Gasteiger partial charge in [-0.25, -0.2) is 4.98 Å². The van der Waals surface area contributed by atoms with Crippen molar-refractivity contribution < 1.29 is 18.7 Å². The minimum Gasteiger partial charge on any atom is -0.469 e. The maximum absolute atomic E-state index is 13.1. The number of hydrogen-bond acceptors (Lipinski definition) is 6. The molecule has 258 valence electrons. The van der Waals surface area contributed by atoms with Gasteiger partial charge in [0, 0.05) is 40.2 Å². The third kappa shape index (κ3) is 4.47. The van der Waals surface area contributed by atoms with Crippen LogP contribution >= 0.6 is 0 Å². The molecule has 0 unspecified atom stereocenters. The first-order chi connectivity index (χ1) is 23.8. The summed E-state index contributed by atoms with van der Waals surface area (Å²) in [4.78, 5) is 34.9. The molecule has 0 saturated heterocycles. The first-order valence-electron chi connectivity index (χ1n) is 18.0. The average molecular weight is 670 g/mol. The van der Waals surface area contributed by atoms with Gasteiger partial charge in [0.1, 0.15) is 5.52 Å². The van der Waals surface area contributed by atoms with E-state index >= 15 is 0 Å². The van der Waals surface area contributed by atoms with Crippen molar-refractivity contribution in [2.24, 2.45) is 33.0 Å². The largest absolute Gasteiger partial charge is 0.469 e. The Bertz CT molecular complexity index is 2110. The van der Waals surface area contributed by atoms with E-state index in [2.05, 4.69) is 76.1 Å². The third-order valence-electron chi connectivity index (χ3n) is 14.3. The van der Waals surface area contributed by atoms with Crippen LogP contribution in [0.1, 0.15) is 100 Å². The van der Waals surface area contributed by atoms with Crippen molar-refractivity contribution in [2.75, 3.05) is 12.4 Å². The molecule has 0 radical (unpaired) electrons. The zero-order valence-corrected chi connectivity index (χ0v) is 30.3. The number of ether oxygens (including phenoxy) is 1. The van der Waals surface area contributed by atoms with Crippen molar-refractivity contribution in [1.82, 2.24) is 9.97 Å². The quantitative estimate of drug-likeness (QED) is 0.217. The second-order valence-corrected chi connectivity index (χ2v) is 16.7. The van der Waals surface area contributed by atoms with Gasteiger partial charge in [-0.1, -0.05) is 45.9 Å². The van der Waals surface area contributed by atoms with E-state index in [4.69, 9.17) is 14.1 Å². The van der Waals surface area contributed by atoms with Crippen molar-refractivity contribution in [2.45, 2.75) is 80.1 Å². The molecular formula is C43H47N3O4. The highest BCUT2D eigenvalue weighted by molar-refractivity contribution is 6.04. The fourth-order valence-corrected chi connectivity index (χ4v) is 10.6. The molecule has 4 aliphatic carbocycles. The Morgan fingerprint density at radius 3 is 2.40 bits per heavy atom. The summed E-state index contributed by atoms with van der Waals surface area (Å²) in [6.07, 6.45) is 16.7. The average Bonchev–Trinajstić information content (AvgIpc) is 3.55. The minimum absolute atomic E-state index is 0.0113. The highest BCUT2D eigenvalue weighted by Gasteiger charge is 2.68. The number of fused-ring (bicyclic) bond motifs is 8. The number of methoxy groups -OCH3 is 1. The van der Waals surface area contributed by atoms with Gasteiger partial charge in [0.25, 0.3) is 5.91 Å². The molecule has 2 aromatic carbocycles. The molecule has 7 nitrogen and oxygen atoms in total. The molecule has 1 amide bonds. The van der Waals surface area contributed by atoms with Gasteiger partial charge in [-0.05, 0) is 134 Å². The van der Waals surface area contributed by atoms with Gasteiger partial charge >= 0.3 is 5.97 Å². The number of rotatable bonds is 4. The van der Waals surface area contributed by atoms with Crippen LogP contribution in [0.25, 0.3) is 34.2 Å². The Morgan fingerprint density at radius 1 is 0.960 bits per heavy atom. The lowest BCUT2D eigenvalue weighted by Crippen LogP contribution is -2.63. The number of aromatic nitrogens is 2. The number of allylic oxidation sites excluding steroid dienone is 3. The van der Waals surface area contributed by atoms with E-state index in [-0.39, 0.29) is 33.5 Å². The first-order valence-corrected chi connectivity index (χ1v) is 18.0. The van der Waals surface area contributed by atoms with Gasteiger partial charge in [0.15, 0.2) is 5.58 Å². The van der Waals surface area contributed by atoms with Crippen LogP contribution in [0, 0.1) is 39.9 Å². The number of carbonyl (C=O) groups is 2. The Balaban J connectivity index is 1.14. The molecule has 2 heterocycles. The summed E-state index contributed by atoms with van der Waals surface area (Å²) in [6, 6.07) is 13.1. The second-order valence-electron chi connectivity index (χ2n) is 16.7. The summed E-state index contributed by atoms with van der Waals surface area (Å²) in [5.74, 6) is 0.696. The third-order valence-corrected chi connectivity index (χ3v) is 14.3. The maximum Gasteiger partial charge on any atom is 0.311 e. The lowest BCUT2D eigenvalue weighted by atomic mass is 9.33. The van der Waals surface area contributed by atoms with Crippen molar-refractivity contribution in [3.8, 4) is 11.5 Å². The van der Waals surface area contributed by atoms with Crippen molar-refractivity contribution >= 4 is 40.3 Å². The standard InChI is InChI=1S/C43H47N3O4/c1-26-30-12-16-41(4)32(13-17-42(5)34-25-40(3,38(48)49-7)19-18-39(34,2)20-21-43(41,42)6)31(30)24-33-35(26)50-37(46-33)28-10-8-27(9-11-28)36(47)45-29-14-22-44-23-15-29/h8-16,22-24,34H,17-21,25H2,1-7H3,(H,44,45,47)/t34-,39+,40+,41+,42-,43+/m0/s1. The molecular weight excluding hydrogens is 622 g/mol. The van der Waals surface area contributed by atoms with Gasteiger partial charge in [-0.15, -0.1) is 0 Å². The smallest absolute Gasteiger partial charge is 0.311 e. The summed E-state index contributed by atoms with van der Waals surface area (Å²) in [6.45, 7) is 14.2. The van der Waals surface area contributed by atoms with E-state index in [1.165, 1.54) is 30.2 Å². The maximum atomic E-state index is 13.1. The normalized spacial score (nSPS) is 32.6. The molecule has 50 heavy (non-hydrogen) atoms. The van der Waals surface area contributed by atoms with E-state index in [1.807, 2.05) is 12.1 Å². The van der Waals surface area contributed by atoms with Gasteiger partial charge in [0.2, 0.25) is 5.89 Å². The van der Waals surface area contributed by atoms with Gasteiger partial charge < -0.3 is 14.5 Å². The van der Waals surface area contributed by atoms with Gasteiger partial charge in [0.05, 0.1) is 12.5 Å². The molecule has 8 rings (SSSR count). The van der Waals surface area contributed by atoms with Crippen LogP contribution in [0.15, 0.2) is 71.4 Å². The summed E-state index contributed by atoms with van der Waals surface area (Å²) >= 11 is 0. The van der Waals surface area contributed by atoms with Crippen LogP contribution in [0.5, 0.6) is 0 Å². The number of aryl methyl sites for hydroxylation is 1. The van der Waals surface area contributed by atoms with E-state index in [1.54, 1.807) is 36.7 Å². The second kappa shape index (κ2) is 11.0. The number of benzene rings is 2. The predicted octanol–water partition coefficient (Wildman–Crippen LogP) is 10.1. The van der Waals surface area contributed by atoms with Crippen molar-refractivity contribution in [3.63, 3.8) is 0 Å². The zero-order valence-electron chi connectivity index (χ0n) is 30.3. The van der Waals surface area contributed by atoms with Gasteiger partial charge in [-0.2, -0.15) is 0 Å². The Hall–Kier alpha value is -4.52. The fraction of sp³-hybridized carbons (Fsp3) is 0.442. The highest BCUT2D eigenvalue weighted by atomic mass is 16.5. The molecule has 1 N–H and O–H groups in total. The van der Waals surface area contributed by atoms with E-state index in [0.717, 1.165) is 54.3 Å². The molecule has 7 heteroatoms. The Kier molecular flexibility index (Phi) is 7.18. The fourth-order valence-electron chi connectivity index (χ4n) is 10.6. The van der Waals surface area contributed by atoms with Crippen LogP contribution < -0.4 is 5.32 Å². The number of oxazole rings is 1. The number of nitrogens with zero attached hydrogens (tertiary/aromatic N) is 2. The summed E-state index contributed by atoms with van der Waals surface area (Å²) in [7, 11) is 1.54. The van der Waals surface area contributed by atoms with Crippen LogP contribution in [0.4, 0.5) is 5.69 Å². The van der Waals surface area contributed by atoms with Crippen LogP contribution in [0.2, 0.25) is 0 Å². The molecule has 4 aliphatic rings. The number of anilines is 1. The van der Waals surface area contributed by atoms with Crippen LogP contribution in [-0.4, -0.2) is 29.0 Å². The highest BCUT2D eigenvalue weighted by Crippen LogP contribution is 2.76. The van der Waals surface area contributed by atoms with E-state index in [0.29, 0.717) is 23.1 Å². The number of esters is 1. The Morgan fingerprint density at radius 2 is 1.68 bits per heavy atom. The number of amides is 1. The number of pyridine rings is 1. The topological polar surface area (TPSA) is 94.3 Å². The SMILES string of the molecule is COC(=O)[C@]1(C)CC[C@]2(C)CC[C@@]3(C)[C@@](C)(CC=C4c5cc6nc(-c7ccc(C(=O)Nc8ccncc8)cc7)oc6c(C)c5C=C[C@]43C)[C@H]2C1. The van der Waals surface area contributed by atoms with E-state index < -0.39 is 5.41 Å². The molecule has 6 atom stereocenters. The van der Waals surface area contributed by atoms with Crippen molar-refractivity contribution in [3.05, 3.63) is 89.3 Å². The van der Waals surface area contributed by atoms with Crippen LogP contribution in [0.3, 0.4) is 0 Å². The monoisotopic (exact) mass is 669 g/mol.